The molecule has 0 atom stereocenters. The molecule has 20 heavy (non-hydrogen) atoms. The number of carbonyl (C=O) groups is 1. The molecule has 112 valence electrons. The summed E-state index contributed by atoms with van der Waals surface area (Å²) >= 11 is 0. The molecule has 0 aliphatic heterocycles. The fourth-order valence-electron chi connectivity index (χ4n) is 1.71. The van der Waals surface area contributed by atoms with E-state index >= 15 is 0 Å². The van der Waals surface area contributed by atoms with Crippen molar-refractivity contribution in [1.29, 1.82) is 0 Å². The van der Waals surface area contributed by atoms with Crippen LogP contribution in [0.1, 0.15) is 19.4 Å². The van der Waals surface area contributed by atoms with E-state index in [2.05, 4.69) is 0 Å². The van der Waals surface area contributed by atoms with E-state index < -0.39 is 16.0 Å². The molecule has 0 aliphatic rings. The van der Waals surface area contributed by atoms with Gasteiger partial charge in [0.05, 0.1) is 12.4 Å². The average Bonchev–Trinajstić information content (AvgIpc) is 2.38. The van der Waals surface area contributed by atoms with Crippen molar-refractivity contribution in [1.82, 2.24) is 4.31 Å². The summed E-state index contributed by atoms with van der Waals surface area (Å²) in [7, 11) is -3.61. The summed E-state index contributed by atoms with van der Waals surface area (Å²) < 4.78 is 30.4. The lowest BCUT2D eigenvalue weighted by atomic mass is 10.2. The molecule has 0 aliphatic carbocycles. The van der Waals surface area contributed by atoms with Gasteiger partial charge < -0.3 is 10.5 Å². The first kappa shape index (κ1) is 16.5. The Kier molecular flexibility index (Phi) is 5.97. The second-order valence-corrected chi connectivity index (χ2v) is 6.16. The molecule has 0 amide bonds. The first-order valence-electron chi connectivity index (χ1n) is 6.37. The molecule has 0 radical (unpaired) electrons. The number of nitrogens with two attached hydrogens (primary N) is 1. The molecule has 0 bridgehead atoms. The number of hydrogen-bond donors (Lipinski definition) is 1. The lowest BCUT2D eigenvalue weighted by Crippen LogP contribution is -2.37. The summed E-state index contributed by atoms with van der Waals surface area (Å²) in [5.74, 6) is -0.786. The number of hydrogen-bond acceptors (Lipinski definition) is 5. The third-order valence-electron chi connectivity index (χ3n) is 2.75. The van der Waals surface area contributed by atoms with Gasteiger partial charge in [0.25, 0.3) is 0 Å². The van der Waals surface area contributed by atoms with Crippen LogP contribution in [0, 0.1) is 0 Å². The predicted octanol–water partition coefficient (Wildman–Crippen LogP) is 0.984. The van der Waals surface area contributed by atoms with Crippen LogP contribution < -0.4 is 5.73 Å². The van der Waals surface area contributed by atoms with Gasteiger partial charge in [-0.25, -0.2) is 8.42 Å². The molecular formula is C13H20N2O4S. The van der Waals surface area contributed by atoms with E-state index in [0.717, 1.165) is 4.31 Å². The van der Waals surface area contributed by atoms with Gasteiger partial charge in [-0.1, -0.05) is 25.1 Å². The van der Waals surface area contributed by atoms with Gasteiger partial charge in [-0.05, 0) is 18.6 Å². The molecule has 0 saturated heterocycles. The number of sulfonamides is 1. The summed E-state index contributed by atoms with van der Waals surface area (Å²) in [6.45, 7) is 3.49. The third kappa shape index (κ3) is 4.50. The molecular weight excluding hydrogens is 280 g/mol. The number of anilines is 1. The minimum Gasteiger partial charge on any atom is -0.465 e. The highest BCUT2D eigenvalue weighted by Gasteiger charge is 2.24. The quantitative estimate of drug-likeness (QED) is 0.599. The number of esters is 1. The number of rotatable bonds is 7. The second-order valence-electron chi connectivity index (χ2n) is 4.19. The van der Waals surface area contributed by atoms with Crippen molar-refractivity contribution in [2.24, 2.45) is 0 Å². The highest BCUT2D eigenvalue weighted by atomic mass is 32.2. The predicted molar refractivity (Wildman–Crippen MR) is 77.4 cm³/mol. The van der Waals surface area contributed by atoms with Gasteiger partial charge in [0, 0.05) is 12.2 Å². The van der Waals surface area contributed by atoms with Crippen LogP contribution in [-0.2, 0) is 25.3 Å². The van der Waals surface area contributed by atoms with E-state index in [4.69, 9.17) is 10.5 Å². The highest BCUT2D eigenvalue weighted by Crippen LogP contribution is 2.16. The van der Waals surface area contributed by atoms with Gasteiger partial charge in [-0.2, -0.15) is 4.31 Å². The fraction of sp³-hybridized carbons (Fsp3) is 0.462. The maximum Gasteiger partial charge on any atom is 0.321 e. The van der Waals surface area contributed by atoms with E-state index in [1.807, 2.05) is 0 Å². The van der Waals surface area contributed by atoms with E-state index in [1.165, 1.54) is 0 Å². The van der Waals surface area contributed by atoms with E-state index in [1.54, 1.807) is 38.1 Å². The first-order chi connectivity index (χ1) is 9.40. The lowest BCUT2D eigenvalue weighted by Gasteiger charge is -2.19. The second kappa shape index (κ2) is 7.25. The van der Waals surface area contributed by atoms with Crippen molar-refractivity contribution in [3.05, 3.63) is 29.8 Å². The maximum absolute atomic E-state index is 12.3. The number of carbonyl (C=O) groups excluding carboxylic acids is 1. The summed E-state index contributed by atoms with van der Waals surface area (Å²) in [5, 5.41) is 0. The number of nitrogens with zero attached hydrogens (tertiary/aromatic N) is 1. The van der Waals surface area contributed by atoms with Crippen LogP contribution in [0.25, 0.3) is 0 Å². The van der Waals surface area contributed by atoms with Gasteiger partial charge in [-0.15, -0.1) is 0 Å². The van der Waals surface area contributed by atoms with Crippen molar-refractivity contribution >= 4 is 21.7 Å². The normalized spacial score (nSPS) is 11.6. The number of likely N-dealkylation sites (N-methyl/N-ethyl adjacent to an activating group) is 1. The molecule has 2 N–H and O–H groups in total. The zero-order valence-corrected chi connectivity index (χ0v) is 12.5. The Morgan fingerprint density at radius 1 is 1.30 bits per heavy atom. The Bertz CT molecular complexity index is 557. The van der Waals surface area contributed by atoms with Crippen LogP contribution in [0.4, 0.5) is 5.69 Å². The van der Waals surface area contributed by atoms with Gasteiger partial charge >= 0.3 is 5.97 Å². The Morgan fingerprint density at radius 2 is 1.95 bits per heavy atom. The standard InChI is InChI=1S/C13H20N2O4S/c1-3-15(9-13(16)19-4-2)20(17,18)10-11-7-5-6-8-12(11)14/h5-8H,3-4,9-10,14H2,1-2H3. The number of para-hydroxylation sites is 1. The van der Waals surface area contributed by atoms with Crippen molar-refractivity contribution in [2.45, 2.75) is 19.6 Å². The third-order valence-corrected chi connectivity index (χ3v) is 4.60. The molecule has 0 spiro atoms. The molecule has 6 nitrogen and oxygen atoms in total. The van der Waals surface area contributed by atoms with Crippen molar-refractivity contribution in [3.8, 4) is 0 Å². The molecule has 0 heterocycles. The van der Waals surface area contributed by atoms with Crippen LogP contribution in [0.5, 0.6) is 0 Å². The molecule has 0 fully saturated rings. The molecule has 7 heteroatoms. The minimum atomic E-state index is -3.61. The highest BCUT2D eigenvalue weighted by molar-refractivity contribution is 7.88. The summed E-state index contributed by atoms with van der Waals surface area (Å²) in [6.07, 6.45) is 0. The van der Waals surface area contributed by atoms with E-state index in [0.29, 0.717) is 11.3 Å². The van der Waals surface area contributed by atoms with E-state index in [-0.39, 0.29) is 25.4 Å². The zero-order valence-electron chi connectivity index (χ0n) is 11.7. The molecule has 0 saturated carbocycles. The Hall–Kier alpha value is -1.60. The van der Waals surface area contributed by atoms with E-state index in [9.17, 15) is 13.2 Å². The van der Waals surface area contributed by atoms with Crippen LogP contribution in [0.2, 0.25) is 0 Å². The van der Waals surface area contributed by atoms with Gasteiger partial charge in [0.15, 0.2) is 0 Å². The molecule has 1 aromatic rings. The first-order valence-corrected chi connectivity index (χ1v) is 7.98. The number of nitrogen functional groups attached to an aromatic ring is 1. The smallest absolute Gasteiger partial charge is 0.321 e. The van der Waals surface area contributed by atoms with Crippen LogP contribution in [0.15, 0.2) is 24.3 Å². The summed E-state index contributed by atoms with van der Waals surface area (Å²) in [5.41, 5.74) is 6.69. The maximum atomic E-state index is 12.3. The van der Waals surface area contributed by atoms with Crippen molar-refractivity contribution < 1.29 is 17.9 Å². The van der Waals surface area contributed by atoms with Crippen LogP contribution in [0.3, 0.4) is 0 Å². The minimum absolute atomic E-state index is 0.202. The molecule has 1 aromatic carbocycles. The monoisotopic (exact) mass is 300 g/mol. The largest absolute Gasteiger partial charge is 0.465 e. The zero-order chi connectivity index (χ0) is 15.2. The molecule has 0 unspecified atom stereocenters. The summed E-state index contributed by atoms with van der Waals surface area (Å²) in [6, 6.07) is 6.77. The van der Waals surface area contributed by atoms with Crippen LogP contribution in [-0.4, -0.2) is 38.4 Å². The SMILES string of the molecule is CCOC(=O)CN(CC)S(=O)(=O)Cc1ccccc1N. The Labute approximate surface area is 119 Å². The Balaban J connectivity index is 2.85. The van der Waals surface area contributed by atoms with Gasteiger partial charge in [0.2, 0.25) is 10.0 Å². The number of ether oxygens (including phenoxy) is 1. The van der Waals surface area contributed by atoms with Crippen LogP contribution >= 0.6 is 0 Å². The van der Waals surface area contributed by atoms with Gasteiger partial charge in [0.1, 0.15) is 6.54 Å². The van der Waals surface area contributed by atoms with Crippen molar-refractivity contribution in [2.75, 3.05) is 25.4 Å². The van der Waals surface area contributed by atoms with Gasteiger partial charge in [-0.3, -0.25) is 4.79 Å². The summed E-state index contributed by atoms with van der Waals surface area (Å²) in [4.78, 5) is 11.4. The molecule has 1 rings (SSSR count). The topological polar surface area (TPSA) is 89.7 Å². The number of benzene rings is 1. The molecule has 0 aromatic heterocycles. The van der Waals surface area contributed by atoms with Crippen molar-refractivity contribution in [3.63, 3.8) is 0 Å². The fourth-order valence-corrected chi connectivity index (χ4v) is 3.24. The average molecular weight is 300 g/mol. The lowest BCUT2D eigenvalue weighted by molar-refractivity contribution is -0.143. The Morgan fingerprint density at radius 3 is 2.50 bits per heavy atom.